The standard InChI is InChI=1S/C60H63N/c1-56(2,3)39-33-38(34-40(35-39)57(4,5)6)43-21-14-15-22-44(43)47-24-17-19-28-54(47)61(41-29-31-46-45-23-16-18-25-49(45)59(10,11)52(46)36-41)42-30-32-48-53(37-42)60(12,13)51-27-20-26-50(55(48)51)58(7,8)9/h14-37H,1-13H3. The lowest BCUT2D eigenvalue weighted by Gasteiger charge is -2.31. The fourth-order valence-corrected chi connectivity index (χ4v) is 10.3. The molecule has 7 aromatic rings. The van der Waals surface area contributed by atoms with Crippen LogP contribution in [0.25, 0.3) is 44.5 Å². The van der Waals surface area contributed by atoms with E-state index in [2.05, 4.69) is 241 Å². The zero-order chi connectivity index (χ0) is 43.4. The lowest BCUT2D eigenvalue weighted by Crippen LogP contribution is -2.18. The van der Waals surface area contributed by atoms with Gasteiger partial charge in [-0.15, -0.1) is 0 Å². The smallest absolute Gasteiger partial charge is 0.0540 e. The molecule has 1 nitrogen and oxygen atoms in total. The number of hydrogen-bond acceptors (Lipinski definition) is 1. The summed E-state index contributed by atoms with van der Waals surface area (Å²) in [4.78, 5) is 2.54. The van der Waals surface area contributed by atoms with E-state index in [0.29, 0.717) is 0 Å². The van der Waals surface area contributed by atoms with Crippen molar-refractivity contribution < 1.29 is 0 Å². The van der Waals surface area contributed by atoms with Gasteiger partial charge in [-0.1, -0.05) is 205 Å². The van der Waals surface area contributed by atoms with E-state index in [4.69, 9.17) is 0 Å². The van der Waals surface area contributed by atoms with E-state index in [1.807, 2.05) is 0 Å². The van der Waals surface area contributed by atoms with Crippen LogP contribution >= 0.6 is 0 Å². The molecule has 308 valence electrons. The van der Waals surface area contributed by atoms with E-state index in [-0.39, 0.29) is 27.1 Å². The van der Waals surface area contributed by atoms with Crippen molar-refractivity contribution in [3.8, 4) is 44.5 Å². The van der Waals surface area contributed by atoms with Crippen molar-refractivity contribution in [1.29, 1.82) is 0 Å². The molecule has 0 unspecified atom stereocenters. The average molecular weight is 798 g/mol. The summed E-state index contributed by atoms with van der Waals surface area (Å²) in [5.74, 6) is 0. The second-order valence-electron chi connectivity index (χ2n) is 21.9. The average Bonchev–Trinajstić information content (AvgIpc) is 3.59. The molecule has 1 heteroatoms. The second-order valence-corrected chi connectivity index (χ2v) is 21.9. The lowest BCUT2D eigenvalue weighted by atomic mass is 9.78. The predicted octanol–water partition coefficient (Wildman–Crippen LogP) is 17.0. The van der Waals surface area contributed by atoms with Crippen molar-refractivity contribution in [3.63, 3.8) is 0 Å². The molecule has 0 N–H and O–H groups in total. The Hall–Kier alpha value is -5.66. The fourth-order valence-electron chi connectivity index (χ4n) is 10.3. The van der Waals surface area contributed by atoms with E-state index in [1.54, 1.807) is 0 Å². The van der Waals surface area contributed by atoms with Crippen molar-refractivity contribution in [3.05, 3.63) is 185 Å². The zero-order valence-corrected chi connectivity index (χ0v) is 38.8. The predicted molar refractivity (Wildman–Crippen MR) is 263 cm³/mol. The van der Waals surface area contributed by atoms with Crippen LogP contribution in [0.5, 0.6) is 0 Å². The van der Waals surface area contributed by atoms with Crippen LogP contribution in [0.15, 0.2) is 146 Å². The molecule has 7 aromatic carbocycles. The normalized spacial score (nSPS) is 14.9. The number of rotatable bonds is 5. The molecule has 0 amide bonds. The molecule has 2 aliphatic carbocycles. The molecule has 2 aliphatic rings. The number of nitrogens with zero attached hydrogens (tertiary/aromatic N) is 1. The van der Waals surface area contributed by atoms with Crippen LogP contribution in [-0.4, -0.2) is 0 Å². The number of fused-ring (bicyclic) bond motifs is 6. The van der Waals surface area contributed by atoms with Crippen LogP contribution < -0.4 is 4.90 Å². The van der Waals surface area contributed by atoms with E-state index in [0.717, 1.165) is 11.4 Å². The summed E-state index contributed by atoms with van der Waals surface area (Å²) < 4.78 is 0. The van der Waals surface area contributed by atoms with Crippen LogP contribution in [0.3, 0.4) is 0 Å². The number of hydrogen-bond donors (Lipinski definition) is 0. The highest BCUT2D eigenvalue weighted by Crippen LogP contribution is 2.55. The van der Waals surface area contributed by atoms with E-state index < -0.39 is 0 Å². The summed E-state index contributed by atoms with van der Waals surface area (Å²) >= 11 is 0. The minimum absolute atomic E-state index is 0.00924. The zero-order valence-electron chi connectivity index (χ0n) is 38.8. The largest absolute Gasteiger partial charge is 0.310 e. The number of anilines is 3. The maximum absolute atomic E-state index is 2.54. The Morgan fingerprint density at radius 2 is 0.836 bits per heavy atom. The van der Waals surface area contributed by atoms with Gasteiger partial charge in [-0.2, -0.15) is 0 Å². The van der Waals surface area contributed by atoms with Gasteiger partial charge in [-0.05, 0) is 124 Å². The topological polar surface area (TPSA) is 3.24 Å². The maximum atomic E-state index is 2.54. The summed E-state index contributed by atoms with van der Waals surface area (Å²) in [5.41, 5.74) is 23.3. The minimum atomic E-state index is -0.163. The second kappa shape index (κ2) is 13.9. The quantitative estimate of drug-likeness (QED) is 0.168. The highest BCUT2D eigenvalue weighted by atomic mass is 15.1. The molecule has 0 atom stereocenters. The minimum Gasteiger partial charge on any atom is -0.310 e. The van der Waals surface area contributed by atoms with Crippen molar-refractivity contribution in [2.45, 2.75) is 117 Å². The molecule has 0 bridgehead atoms. The Kier molecular flexibility index (Phi) is 9.30. The van der Waals surface area contributed by atoms with Gasteiger partial charge in [0, 0.05) is 27.8 Å². The summed E-state index contributed by atoms with van der Waals surface area (Å²) in [7, 11) is 0. The fraction of sp³-hybridized carbons (Fsp3) is 0.300. The Balaban J connectivity index is 1.29. The van der Waals surface area contributed by atoms with Crippen molar-refractivity contribution >= 4 is 17.1 Å². The SMILES string of the molecule is CC(C)(C)c1cc(-c2ccccc2-c2ccccc2N(c2ccc3c(c2)C(C)(C)c2ccccc2-3)c2ccc3c(c2)C(C)(C)c2cccc(C(C)(C)C)c2-3)cc(C(C)(C)C)c1. The van der Waals surface area contributed by atoms with Crippen molar-refractivity contribution in [2.75, 3.05) is 4.90 Å². The molecule has 0 saturated heterocycles. The summed E-state index contributed by atoms with van der Waals surface area (Å²) in [6.07, 6.45) is 0. The van der Waals surface area contributed by atoms with E-state index >= 15 is 0 Å². The Bertz CT molecular complexity index is 2830. The first-order valence-electron chi connectivity index (χ1n) is 22.4. The summed E-state index contributed by atoms with van der Waals surface area (Å²) in [6, 6.07) is 55.8. The van der Waals surface area contributed by atoms with Gasteiger partial charge >= 0.3 is 0 Å². The molecule has 0 heterocycles. The van der Waals surface area contributed by atoms with Crippen LogP contribution in [0.4, 0.5) is 17.1 Å². The number of benzene rings is 7. The molecular weight excluding hydrogens is 735 g/mol. The van der Waals surface area contributed by atoms with Gasteiger partial charge in [0.15, 0.2) is 0 Å². The van der Waals surface area contributed by atoms with Crippen LogP contribution in [0.2, 0.25) is 0 Å². The molecule has 9 rings (SSSR count). The van der Waals surface area contributed by atoms with E-state index in [9.17, 15) is 0 Å². The Labute approximate surface area is 366 Å². The van der Waals surface area contributed by atoms with Crippen LogP contribution in [0, 0.1) is 0 Å². The summed E-state index contributed by atoms with van der Waals surface area (Å²) in [6.45, 7) is 30.6. The van der Waals surface area contributed by atoms with Crippen LogP contribution in [-0.2, 0) is 27.1 Å². The first kappa shape index (κ1) is 40.7. The Morgan fingerprint density at radius 3 is 1.44 bits per heavy atom. The monoisotopic (exact) mass is 797 g/mol. The first-order valence-corrected chi connectivity index (χ1v) is 22.4. The van der Waals surface area contributed by atoms with Gasteiger partial charge in [0.1, 0.15) is 0 Å². The van der Waals surface area contributed by atoms with Gasteiger partial charge in [0.2, 0.25) is 0 Å². The molecule has 0 fully saturated rings. The van der Waals surface area contributed by atoms with Gasteiger partial charge in [0.25, 0.3) is 0 Å². The number of para-hydroxylation sites is 1. The van der Waals surface area contributed by atoms with Crippen molar-refractivity contribution in [1.82, 2.24) is 0 Å². The van der Waals surface area contributed by atoms with Crippen molar-refractivity contribution in [2.24, 2.45) is 0 Å². The molecule has 0 aliphatic heterocycles. The van der Waals surface area contributed by atoms with Crippen LogP contribution in [0.1, 0.15) is 129 Å². The highest BCUT2D eigenvalue weighted by Gasteiger charge is 2.40. The molecule has 0 saturated carbocycles. The summed E-state index contributed by atoms with van der Waals surface area (Å²) in [5, 5.41) is 0. The maximum Gasteiger partial charge on any atom is 0.0540 e. The van der Waals surface area contributed by atoms with Gasteiger partial charge < -0.3 is 4.90 Å². The first-order chi connectivity index (χ1) is 28.7. The molecular formula is C60H63N. The third-order valence-corrected chi connectivity index (χ3v) is 13.9. The van der Waals surface area contributed by atoms with Gasteiger partial charge in [-0.3, -0.25) is 0 Å². The molecule has 0 spiro atoms. The third-order valence-electron chi connectivity index (χ3n) is 13.9. The van der Waals surface area contributed by atoms with Gasteiger partial charge in [0.05, 0.1) is 5.69 Å². The molecule has 61 heavy (non-hydrogen) atoms. The van der Waals surface area contributed by atoms with E-state index in [1.165, 1.54) is 89.1 Å². The highest BCUT2D eigenvalue weighted by molar-refractivity contribution is 5.96. The Morgan fingerprint density at radius 1 is 0.361 bits per heavy atom. The lowest BCUT2D eigenvalue weighted by molar-refractivity contribution is 0.569. The molecule has 0 aromatic heterocycles. The van der Waals surface area contributed by atoms with Gasteiger partial charge in [-0.25, -0.2) is 0 Å². The molecule has 0 radical (unpaired) electrons. The third kappa shape index (κ3) is 6.67.